The summed E-state index contributed by atoms with van der Waals surface area (Å²) in [4.78, 5) is 12.4. The Labute approximate surface area is 187 Å². The van der Waals surface area contributed by atoms with Crippen LogP contribution >= 0.6 is 0 Å². The van der Waals surface area contributed by atoms with Gasteiger partial charge in [0, 0.05) is 5.41 Å². The van der Waals surface area contributed by atoms with E-state index >= 15 is 0 Å². The number of ether oxygens (including phenoxy) is 1. The SMILES string of the molecule is CCCCC1(CCCC)C2=C(C=CCC2)c2ccc(-c3ccccc3C(=O)OC)cc21. The van der Waals surface area contributed by atoms with Crippen LogP contribution in [0.15, 0.2) is 60.2 Å². The monoisotopic (exact) mass is 414 g/mol. The summed E-state index contributed by atoms with van der Waals surface area (Å²) in [5.41, 5.74) is 8.83. The molecule has 2 nitrogen and oxygen atoms in total. The molecule has 0 bridgehead atoms. The number of carbonyl (C=O) groups excluding carboxylic acids is 1. The Bertz CT molecular complexity index is 1020. The standard InChI is InChI=1S/C29H34O2/c1-4-6-18-29(19-7-5-2)26-15-11-10-13-23(26)24-17-16-21(20-27(24)29)22-12-8-9-14-25(22)28(30)31-3/h8-10,12-14,16-17,20H,4-7,11,15,18-19H2,1-3H3. The Hall–Kier alpha value is -2.61. The smallest absolute Gasteiger partial charge is 0.338 e. The predicted molar refractivity (Wildman–Crippen MR) is 129 cm³/mol. The predicted octanol–water partition coefficient (Wildman–Crippen LogP) is 7.88. The highest BCUT2D eigenvalue weighted by atomic mass is 16.5. The average Bonchev–Trinajstić information content (AvgIpc) is 3.10. The molecule has 0 atom stereocenters. The van der Waals surface area contributed by atoms with Crippen molar-refractivity contribution in [2.75, 3.05) is 7.11 Å². The van der Waals surface area contributed by atoms with Gasteiger partial charge in [-0.15, -0.1) is 0 Å². The third-order valence-electron chi connectivity index (χ3n) is 7.13. The van der Waals surface area contributed by atoms with Crippen molar-refractivity contribution in [2.45, 2.75) is 70.6 Å². The quantitative estimate of drug-likeness (QED) is 0.411. The van der Waals surface area contributed by atoms with Crippen molar-refractivity contribution in [3.63, 3.8) is 0 Å². The molecule has 0 aromatic heterocycles. The fourth-order valence-corrected chi connectivity index (χ4v) is 5.59. The number of hydrogen-bond acceptors (Lipinski definition) is 2. The number of esters is 1. The molecule has 0 N–H and O–H groups in total. The van der Waals surface area contributed by atoms with Crippen molar-refractivity contribution < 1.29 is 9.53 Å². The number of carbonyl (C=O) groups is 1. The van der Waals surface area contributed by atoms with E-state index < -0.39 is 0 Å². The van der Waals surface area contributed by atoms with Gasteiger partial charge in [-0.2, -0.15) is 0 Å². The minimum atomic E-state index is -0.278. The van der Waals surface area contributed by atoms with Gasteiger partial charge in [0.15, 0.2) is 0 Å². The third-order valence-corrected chi connectivity index (χ3v) is 7.13. The van der Waals surface area contributed by atoms with Gasteiger partial charge in [0.05, 0.1) is 12.7 Å². The molecule has 0 saturated carbocycles. The molecule has 0 radical (unpaired) electrons. The van der Waals surface area contributed by atoms with Gasteiger partial charge in [0.2, 0.25) is 0 Å². The summed E-state index contributed by atoms with van der Waals surface area (Å²) in [6.45, 7) is 4.59. The zero-order valence-electron chi connectivity index (χ0n) is 19.2. The van der Waals surface area contributed by atoms with Gasteiger partial charge >= 0.3 is 5.97 Å². The molecular formula is C29H34O2. The van der Waals surface area contributed by atoms with E-state index in [4.69, 9.17) is 4.74 Å². The van der Waals surface area contributed by atoms with Crippen LogP contribution in [0.3, 0.4) is 0 Å². The first-order chi connectivity index (χ1) is 15.2. The lowest BCUT2D eigenvalue weighted by atomic mass is 9.68. The summed E-state index contributed by atoms with van der Waals surface area (Å²) in [5.74, 6) is -0.278. The first-order valence-electron chi connectivity index (χ1n) is 11.9. The molecule has 0 spiro atoms. The summed E-state index contributed by atoms with van der Waals surface area (Å²) < 4.78 is 5.06. The lowest BCUT2D eigenvalue weighted by Gasteiger charge is -2.35. The van der Waals surface area contributed by atoms with Crippen LogP contribution in [0.1, 0.15) is 86.7 Å². The van der Waals surface area contributed by atoms with Crippen molar-refractivity contribution in [1.29, 1.82) is 0 Å². The number of allylic oxidation sites excluding steroid dienone is 4. The zero-order chi connectivity index (χ0) is 21.8. The molecule has 4 rings (SSSR count). The molecule has 162 valence electrons. The minimum Gasteiger partial charge on any atom is -0.465 e. The molecule has 0 unspecified atom stereocenters. The molecule has 0 aliphatic heterocycles. The van der Waals surface area contributed by atoms with Crippen LogP contribution in [0.4, 0.5) is 0 Å². The fraction of sp³-hybridized carbons (Fsp3) is 0.414. The van der Waals surface area contributed by atoms with Crippen LogP contribution in [0, 0.1) is 0 Å². The highest BCUT2D eigenvalue weighted by Crippen LogP contribution is 2.55. The second-order valence-corrected chi connectivity index (χ2v) is 8.92. The van der Waals surface area contributed by atoms with E-state index in [-0.39, 0.29) is 11.4 Å². The normalized spacial score (nSPS) is 16.2. The first kappa shape index (κ1) is 21.6. The topological polar surface area (TPSA) is 26.3 Å². The maximum Gasteiger partial charge on any atom is 0.338 e. The van der Waals surface area contributed by atoms with E-state index in [9.17, 15) is 4.79 Å². The second kappa shape index (κ2) is 9.26. The average molecular weight is 415 g/mol. The molecule has 0 amide bonds. The lowest BCUT2D eigenvalue weighted by molar-refractivity contribution is 0.0601. The van der Waals surface area contributed by atoms with Gasteiger partial charge in [0.25, 0.3) is 0 Å². The minimum absolute atomic E-state index is 0.137. The number of methoxy groups -OCH3 is 1. The van der Waals surface area contributed by atoms with Crippen LogP contribution in [0.25, 0.3) is 16.7 Å². The summed E-state index contributed by atoms with van der Waals surface area (Å²) in [6.07, 6.45) is 14.3. The molecule has 31 heavy (non-hydrogen) atoms. The lowest BCUT2D eigenvalue weighted by Crippen LogP contribution is -2.27. The Balaban J connectivity index is 1.89. The highest BCUT2D eigenvalue weighted by Gasteiger charge is 2.43. The summed E-state index contributed by atoms with van der Waals surface area (Å²) >= 11 is 0. The number of fused-ring (bicyclic) bond motifs is 2. The molecule has 2 aliphatic carbocycles. The van der Waals surface area contributed by atoms with E-state index in [2.05, 4.69) is 44.2 Å². The van der Waals surface area contributed by atoms with Crippen LogP contribution in [0.5, 0.6) is 0 Å². The number of benzene rings is 2. The molecule has 2 aromatic rings. The van der Waals surface area contributed by atoms with Crippen molar-refractivity contribution in [1.82, 2.24) is 0 Å². The highest BCUT2D eigenvalue weighted by molar-refractivity contribution is 5.98. The van der Waals surface area contributed by atoms with Crippen LogP contribution in [-0.4, -0.2) is 13.1 Å². The van der Waals surface area contributed by atoms with Gasteiger partial charge < -0.3 is 4.74 Å². The van der Waals surface area contributed by atoms with Crippen molar-refractivity contribution in [2.24, 2.45) is 0 Å². The van der Waals surface area contributed by atoms with Gasteiger partial charge in [-0.1, -0.05) is 87.6 Å². The van der Waals surface area contributed by atoms with Gasteiger partial charge in [-0.25, -0.2) is 4.79 Å². The van der Waals surface area contributed by atoms with E-state index in [1.165, 1.54) is 68.8 Å². The van der Waals surface area contributed by atoms with E-state index in [0.717, 1.165) is 17.5 Å². The Kier molecular flexibility index (Phi) is 6.46. The van der Waals surface area contributed by atoms with Crippen molar-refractivity contribution >= 4 is 11.5 Å². The summed E-state index contributed by atoms with van der Waals surface area (Å²) in [6, 6.07) is 14.7. The van der Waals surface area contributed by atoms with E-state index in [1.54, 1.807) is 5.57 Å². The number of unbranched alkanes of at least 4 members (excludes halogenated alkanes) is 2. The maximum atomic E-state index is 12.4. The van der Waals surface area contributed by atoms with E-state index in [1.807, 2.05) is 24.3 Å². The molecule has 2 aromatic carbocycles. The van der Waals surface area contributed by atoms with Crippen molar-refractivity contribution in [3.05, 3.63) is 76.9 Å². The molecule has 0 fully saturated rings. The zero-order valence-corrected chi connectivity index (χ0v) is 19.2. The van der Waals surface area contributed by atoms with E-state index in [0.29, 0.717) is 5.56 Å². The molecule has 0 saturated heterocycles. The second-order valence-electron chi connectivity index (χ2n) is 8.92. The van der Waals surface area contributed by atoms with Crippen LogP contribution in [-0.2, 0) is 10.2 Å². The Morgan fingerprint density at radius 3 is 2.45 bits per heavy atom. The Morgan fingerprint density at radius 1 is 1.00 bits per heavy atom. The number of hydrogen-bond donors (Lipinski definition) is 0. The van der Waals surface area contributed by atoms with Crippen LogP contribution in [0.2, 0.25) is 0 Å². The fourth-order valence-electron chi connectivity index (χ4n) is 5.59. The molecule has 0 heterocycles. The number of rotatable bonds is 8. The maximum absolute atomic E-state index is 12.4. The van der Waals surface area contributed by atoms with Crippen LogP contribution < -0.4 is 0 Å². The summed E-state index contributed by atoms with van der Waals surface area (Å²) in [7, 11) is 1.45. The third kappa shape index (κ3) is 3.78. The molecule has 2 aliphatic rings. The van der Waals surface area contributed by atoms with Gasteiger partial charge in [0.1, 0.15) is 0 Å². The summed E-state index contributed by atoms with van der Waals surface area (Å²) in [5, 5.41) is 0. The largest absolute Gasteiger partial charge is 0.465 e. The molecular weight excluding hydrogens is 380 g/mol. The van der Waals surface area contributed by atoms with Gasteiger partial charge in [-0.05, 0) is 65.6 Å². The first-order valence-corrected chi connectivity index (χ1v) is 11.9. The van der Waals surface area contributed by atoms with Gasteiger partial charge in [-0.3, -0.25) is 0 Å². The van der Waals surface area contributed by atoms with Crippen molar-refractivity contribution in [3.8, 4) is 11.1 Å². The molecule has 2 heteroatoms. The Morgan fingerprint density at radius 2 is 1.74 bits per heavy atom.